The molecule has 6 rings (SSSR count). The van der Waals surface area contributed by atoms with Gasteiger partial charge in [-0.15, -0.1) is 99.3 Å². The molecule has 24 heteroatoms. The van der Waals surface area contributed by atoms with Gasteiger partial charge < -0.3 is 59.8 Å². The molecule has 2 amide bonds. The molecule has 0 aromatic carbocycles. The number of halogens is 8. The highest BCUT2D eigenvalue weighted by atomic mass is 35.5. The van der Waals surface area contributed by atoms with Crippen molar-refractivity contribution < 1.29 is 9.59 Å². The first kappa shape index (κ1) is 121. The number of carbonyl (C=O) groups is 2. The Balaban J connectivity index is -0.0000168. The van der Waals surface area contributed by atoms with Crippen LogP contribution in [0.3, 0.4) is 0 Å². The number of H-pyrrole nitrogens is 2. The number of carbonyl (C=O) groups excluding carboxylic acids is 2. The fourth-order valence-electron chi connectivity index (χ4n) is 17.8. The van der Waals surface area contributed by atoms with Gasteiger partial charge in [-0.05, 0) is 327 Å². The van der Waals surface area contributed by atoms with E-state index < -0.39 is 0 Å². The van der Waals surface area contributed by atoms with Crippen LogP contribution in [0.1, 0.15) is 319 Å². The molecule has 2 aromatic heterocycles. The van der Waals surface area contributed by atoms with Gasteiger partial charge in [-0.3, -0.25) is 19.6 Å². The van der Waals surface area contributed by atoms with Gasteiger partial charge in [0.15, 0.2) is 0 Å². The SMILES string of the molecule is CCCCCCCCCCCCCC1CCN(CCNC(=O)CCC2=C(C)/C(=C/c3[nH]c(/C=c4\[nH]/c(=C\C5=NCC(CCC(=O)NCCN6CCCN(C)CCCN(C)CCCCN(C)C(CCCCCCCCCCCCC)CC6)=C5C)c(CC)c4C)c(CC)c3C)N=C2)CCCN(C)CCCN(C)CCCCN1C.Cl.Cl.Cl.Cl.Cl.Cl.Cl.Cl. The lowest BCUT2D eigenvalue weighted by atomic mass is 10.0. The Hall–Kier alpha value is -2.20. The van der Waals surface area contributed by atoms with Crippen LogP contribution in [-0.4, -0.2) is 252 Å². The molecule has 4 N–H and O–H groups in total. The minimum absolute atomic E-state index is 0. The van der Waals surface area contributed by atoms with Crippen molar-refractivity contribution in [1.82, 2.24) is 59.8 Å². The first-order chi connectivity index (χ1) is 53.9. The number of aliphatic imine (C=N–C) groups is 2. The molecule has 2 aromatic rings. The van der Waals surface area contributed by atoms with E-state index in [1.807, 2.05) is 6.21 Å². The number of hydrogen-bond donors (Lipinski definition) is 4. The summed E-state index contributed by atoms with van der Waals surface area (Å²) >= 11 is 0. The largest absolute Gasteiger partial charge is 0.355 e. The minimum Gasteiger partial charge on any atom is -0.355 e. The van der Waals surface area contributed by atoms with E-state index in [2.05, 4.69) is 176 Å². The Morgan fingerprint density at radius 3 is 1.24 bits per heavy atom. The number of allylic oxidation sites excluding steroid dienone is 3. The highest BCUT2D eigenvalue weighted by Gasteiger charge is 2.23. The molecule has 2 fully saturated rings. The summed E-state index contributed by atoms with van der Waals surface area (Å²) in [5.41, 5.74) is 14.0. The molecule has 4 aliphatic rings. The second-order valence-corrected chi connectivity index (χ2v) is 34.9. The van der Waals surface area contributed by atoms with Crippen molar-refractivity contribution in [3.63, 3.8) is 0 Å². The highest BCUT2D eigenvalue weighted by molar-refractivity contribution is 6.22. The topological polar surface area (TPSA) is 140 Å². The Morgan fingerprint density at radius 2 is 0.815 bits per heavy atom. The third-order valence-electron chi connectivity index (χ3n) is 25.7. The molecule has 0 radical (unpaired) electrons. The van der Waals surface area contributed by atoms with Crippen molar-refractivity contribution in [1.29, 1.82) is 0 Å². The van der Waals surface area contributed by atoms with Crippen LogP contribution in [-0.2, 0) is 22.4 Å². The molecule has 0 bridgehead atoms. The van der Waals surface area contributed by atoms with Crippen molar-refractivity contribution in [2.24, 2.45) is 9.98 Å². The number of hydrogen-bond acceptors (Lipinski definition) is 12. The van der Waals surface area contributed by atoms with Gasteiger partial charge in [-0.2, -0.15) is 0 Å². The van der Waals surface area contributed by atoms with Gasteiger partial charge in [0.05, 0.1) is 18.0 Å². The lowest BCUT2D eigenvalue weighted by Crippen LogP contribution is -2.40. The lowest BCUT2D eigenvalue weighted by Gasteiger charge is -2.31. The normalized spacial score (nSPS) is 19.3. The third kappa shape index (κ3) is 48.5. The average Bonchev–Trinajstić information content (AvgIpc) is 1.64. The molecular weight excluding hydrogens is 1650 g/mol. The molecule has 16 nitrogen and oxygen atoms in total. The summed E-state index contributed by atoms with van der Waals surface area (Å²) in [5.74, 6) is 0.257. The van der Waals surface area contributed by atoms with Crippen LogP contribution in [0, 0.1) is 13.8 Å². The third-order valence-corrected chi connectivity index (χ3v) is 25.7. The summed E-state index contributed by atoms with van der Waals surface area (Å²) in [7, 11) is 14.0. The van der Waals surface area contributed by atoms with Crippen molar-refractivity contribution >= 4 is 141 Å². The molecule has 6 heterocycles. The van der Waals surface area contributed by atoms with Crippen LogP contribution in [0.4, 0.5) is 0 Å². The van der Waals surface area contributed by atoms with Gasteiger partial charge in [0, 0.05) is 79.4 Å². The van der Waals surface area contributed by atoms with E-state index >= 15 is 0 Å². The zero-order valence-corrected chi connectivity index (χ0v) is 84.3. The maximum Gasteiger partial charge on any atom is 0.220 e. The molecule has 696 valence electrons. The monoisotopic (exact) mass is 1830 g/mol. The summed E-state index contributed by atoms with van der Waals surface area (Å²) in [6, 6.07) is 1.19. The number of aromatic nitrogens is 2. The van der Waals surface area contributed by atoms with Crippen molar-refractivity contribution in [2.75, 3.05) is 167 Å². The average molecular weight is 1830 g/mol. The number of aromatic amines is 2. The van der Waals surface area contributed by atoms with Crippen LogP contribution >= 0.6 is 99.3 Å². The van der Waals surface area contributed by atoms with E-state index in [0.717, 1.165) is 142 Å². The smallest absolute Gasteiger partial charge is 0.220 e. The molecule has 2 saturated heterocycles. The summed E-state index contributed by atoms with van der Waals surface area (Å²) in [4.78, 5) is 65.9. The molecule has 2 unspecified atom stereocenters. The molecular formula is C95H178Cl8N14O2. The van der Waals surface area contributed by atoms with E-state index in [1.54, 1.807) is 0 Å². The second kappa shape index (κ2) is 72.8. The number of amides is 2. The first-order valence-corrected chi connectivity index (χ1v) is 46.4. The van der Waals surface area contributed by atoms with E-state index in [0.29, 0.717) is 51.0 Å². The number of rotatable bonds is 41. The maximum absolute atomic E-state index is 13.7. The Kier molecular flexibility index (Phi) is 74.0. The van der Waals surface area contributed by atoms with Crippen LogP contribution < -0.4 is 21.3 Å². The fourth-order valence-corrected chi connectivity index (χ4v) is 17.8. The predicted molar refractivity (Wildman–Crippen MR) is 538 cm³/mol. The predicted octanol–water partition coefficient (Wildman–Crippen LogP) is 20.6. The van der Waals surface area contributed by atoms with Gasteiger partial charge >= 0.3 is 0 Å². The molecule has 0 spiro atoms. The van der Waals surface area contributed by atoms with Crippen LogP contribution in [0.2, 0.25) is 0 Å². The zero-order chi connectivity index (χ0) is 79.8. The summed E-state index contributed by atoms with van der Waals surface area (Å²) in [6.07, 6.45) is 58.1. The summed E-state index contributed by atoms with van der Waals surface area (Å²) < 4.78 is 0. The van der Waals surface area contributed by atoms with E-state index in [9.17, 15) is 9.59 Å². The minimum atomic E-state index is 0. The van der Waals surface area contributed by atoms with Crippen LogP contribution in [0.15, 0.2) is 38.0 Å². The van der Waals surface area contributed by atoms with Crippen molar-refractivity contribution in [3.05, 3.63) is 72.3 Å². The molecule has 2 atom stereocenters. The van der Waals surface area contributed by atoms with E-state index in [-0.39, 0.29) is 111 Å². The number of nitrogens with zero attached hydrogens (tertiary/aromatic N) is 10. The van der Waals surface area contributed by atoms with Gasteiger partial charge in [0.2, 0.25) is 11.8 Å². The lowest BCUT2D eigenvalue weighted by molar-refractivity contribution is -0.121. The molecule has 0 aliphatic carbocycles. The van der Waals surface area contributed by atoms with Crippen molar-refractivity contribution in [3.8, 4) is 0 Å². The number of unbranched alkanes of at least 4 members (excludes halogenated alkanes) is 20. The Labute approximate surface area is 778 Å². The molecule has 0 saturated carbocycles. The van der Waals surface area contributed by atoms with Gasteiger partial charge in [0.25, 0.3) is 0 Å². The zero-order valence-electron chi connectivity index (χ0n) is 77.7. The first-order valence-electron chi connectivity index (χ1n) is 46.4. The second-order valence-electron chi connectivity index (χ2n) is 34.9. The van der Waals surface area contributed by atoms with Gasteiger partial charge in [-0.1, -0.05) is 169 Å². The van der Waals surface area contributed by atoms with Crippen LogP contribution in [0.5, 0.6) is 0 Å². The Morgan fingerprint density at radius 1 is 0.420 bits per heavy atom. The number of nitrogens with one attached hydrogen (secondary N) is 4. The van der Waals surface area contributed by atoms with Gasteiger partial charge in [-0.25, -0.2) is 0 Å². The Bertz CT molecular complexity index is 3230. The highest BCUT2D eigenvalue weighted by Crippen LogP contribution is 2.30. The molecule has 4 aliphatic heterocycles. The standard InChI is InChI=1S/C95H170N14O2.8ClH/c1-15-19-21-23-25-27-29-31-33-35-37-47-84-53-69-108(67-45-63-104(11)61-43-59-102(9)57-39-41-65-106(84)13)71-55-96-94(110)51-49-82-76-98-88(78(82)5)73-90-80(7)87(18-4)93(100-90)75-91-81(8)86(17-3)92(101-91)74-89-79(6)83(77-99-89)50-52-95(111)97-56-72-109-68-46-64-105(12)62-44-60-103(10)58-40-42-66-107(14)85(54-70-109)48-38-36-34-32-30-28-26-24-22-20-16-2;;;;;;;;/h73-76,84-85,100-101H,15-72,77H2,1-14H3,(H,96,110)(H,97,111);8*1H/b88-73-,91-75-,92-74-;;;;;;;;. The fraction of sp³-hybridized carbons (Fsp3) is 0.789. The van der Waals surface area contributed by atoms with E-state index in [4.69, 9.17) is 9.98 Å². The summed E-state index contributed by atoms with van der Waals surface area (Å²) in [6.45, 7) is 37.6. The van der Waals surface area contributed by atoms with Crippen molar-refractivity contribution in [2.45, 2.75) is 324 Å². The maximum atomic E-state index is 13.7. The van der Waals surface area contributed by atoms with E-state index in [1.165, 1.54) is 278 Å². The molecule has 119 heavy (non-hydrogen) atoms. The summed E-state index contributed by atoms with van der Waals surface area (Å²) in [5, 5.41) is 8.92. The van der Waals surface area contributed by atoms with Gasteiger partial charge in [0.1, 0.15) is 0 Å². The van der Waals surface area contributed by atoms with Crippen LogP contribution in [0.25, 0.3) is 18.2 Å². The quantitative estimate of drug-likeness (QED) is 0.0476.